The van der Waals surface area contributed by atoms with Crippen LogP contribution in [-0.4, -0.2) is 41.6 Å². The molecule has 0 bridgehead atoms. The second-order valence-corrected chi connectivity index (χ2v) is 8.83. The molecule has 2 aromatic carbocycles. The van der Waals surface area contributed by atoms with Crippen molar-refractivity contribution in [2.45, 2.75) is 31.3 Å². The van der Waals surface area contributed by atoms with Crippen LogP contribution < -0.4 is 16.2 Å². The van der Waals surface area contributed by atoms with Gasteiger partial charge in [-0.05, 0) is 43.7 Å². The van der Waals surface area contributed by atoms with Gasteiger partial charge in [0.2, 0.25) is 0 Å². The predicted octanol–water partition coefficient (Wildman–Crippen LogP) is 2.76. The van der Waals surface area contributed by atoms with Crippen LogP contribution in [0.2, 0.25) is 0 Å². The van der Waals surface area contributed by atoms with Crippen LogP contribution >= 0.6 is 0 Å². The Morgan fingerprint density at radius 1 is 1.24 bits per heavy atom. The molecule has 0 spiro atoms. The number of aryl methyl sites for hydroxylation is 1. The van der Waals surface area contributed by atoms with Gasteiger partial charge < -0.3 is 15.7 Å². The Kier molecular flexibility index (Phi) is 4.85. The van der Waals surface area contributed by atoms with Gasteiger partial charge in [-0.1, -0.05) is 12.1 Å². The molecule has 2 atom stereocenters. The summed E-state index contributed by atoms with van der Waals surface area (Å²) in [6.45, 7) is 3.16. The summed E-state index contributed by atoms with van der Waals surface area (Å²) in [5.41, 5.74) is 0.863. The molecule has 2 aromatic heterocycles. The third-order valence-corrected chi connectivity index (χ3v) is 6.11. The van der Waals surface area contributed by atoms with Crippen LogP contribution in [-0.2, 0) is 11.8 Å². The Morgan fingerprint density at radius 3 is 2.62 bits per heavy atom. The van der Waals surface area contributed by atoms with E-state index < -0.39 is 34.8 Å². The first kappa shape index (κ1) is 21.6. The number of hydrogen-bond acceptors (Lipinski definition) is 7. The van der Waals surface area contributed by atoms with E-state index in [-0.39, 0.29) is 5.39 Å². The zero-order valence-electron chi connectivity index (χ0n) is 18.6. The van der Waals surface area contributed by atoms with Crippen molar-refractivity contribution >= 4 is 28.1 Å². The minimum atomic E-state index is -1.15. The Morgan fingerprint density at radius 2 is 1.97 bits per heavy atom. The van der Waals surface area contributed by atoms with Crippen molar-refractivity contribution in [1.29, 1.82) is 0 Å². The maximum Gasteiger partial charge on any atom is 0.328 e. The summed E-state index contributed by atoms with van der Waals surface area (Å²) >= 11 is 0. The maximum atomic E-state index is 14.4. The van der Waals surface area contributed by atoms with E-state index in [2.05, 4.69) is 30.9 Å². The number of carboxylic acid groups (broad SMARTS) is 1. The molecule has 174 valence electrons. The maximum absolute atomic E-state index is 14.4. The number of halogens is 1. The Hall–Kier alpha value is -4.28. The van der Waals surface area contributed by atoms with Crippen molar-refractivity contribution in [2.75, 3.05) is 10.6 Å². The van der Waals surface area contributed by atoms with Crippen molar-refractivity contribution in [3.05, 3.63) is 76.0 Å². The number of aliphatic carboxylic acids is 1. The van der Waals surface area contributed by atoms with Gasteiger partial charge in [0.05, 0.1) is 23.0 Å². The SMILES string of the molecule is Cn1ncnc1C1c2n[nH]c(=O)c3cc(F)cc(c23)NC1c1ccc(NC(C)(C)C(=O)O)cc1. The van der Waals surface area contributed by atoms with Crippen molar-refractivity contribution in [3.8, 4) is 0 Å². The molecule has 0 saturated carbocycles. The first-order valence-corrected chi connectivity index (χ1v) is 10.6. The zero-order chi connectivity index (χ0) is 24.2. The molecule has 4 N–H and O–H groups in total. The number of aromatic amines is 1. The molecule has 2 unspecified atom stereocenters. The fourth-order valence-corrected chi connectivity index (χ4v) is 4.36. The van der Waals surface area contributed by atoms with Gasteiger partial charge >= 0.3 is 5.97 Å². The van der Waals surface area contributed by atoms with Crippen molar-refractivity contribution in [1.82, 2.24) is 25.0 Å². The average molecular weight is 463 g/mol. The van der Waals surface area contributed by atoms with Crippen LogP contribution in [0.4, 0.5) is 15.8 Å². The first-order valence-electron chi connectivity index (χ1n) is 10.6. The molecule has 5 rings (SSSR count). The number of carboxylic acids is 1. The lowest BCUT2D eigenvalue weighted by Crippen LogP contribution is -2.39. The third kappa shape index (κ3) is 3.45. The first-order chi connectivity index (χ1) is 16.2. The van der Waals surface area contributed by atoms with E-state index in [0.717, 1.165) is 5.56 Å². The van der Waals surface area contributed by atoms with Crippen LogP contribution in [0.5, 0.6) is 0 Å². The number of anilines is 2. The van der Waals surface area contributed by atoms with E-state index in [1.165, 1.54) is 18.5 Å². The molecule has 0 radical (unpaired) electrons. The van der Waals surface area contributed by atoms with E-state index >= 15 is 0 Å². The summed E-state index contributed by atoms with van der Waals surface area (Å²) < 4.78 is 16.0. The third-order valence-electron chi connectivity index (χ3n) is 6.11. The van der Waals surface area contributed by atoms with Crippen LogP contribution in [0, 0.1) is 5.82 Å². The summed E-state index contributed by atoms with van der Waals surface area (Å²) in [4.78, 5) is 28.3. The summed E-state index contributed by atoms with van der Waals surface area (Å²) in [7, 11) is 1.77. The second kappa shape index (κ2) is 7.65. The molecule has 3 heterocycles. The normalized spacial score (nSPS) is 17.4. The van der Waals surface area contributed by atoms with Gasteiger partial charge in [0.1, 0.15) is 23.5 Å². The van der Waals surface area contributed by atoms with Gasteiger partial charge in [-0.3, -0.25) is 9.48 Å². The number of rotatable bonds is 5. The van der Waals surface area contributed by atoms with Gasteiger partial charge in [0, 0.05) is 23.8 Å². The van der Waals surface area contributed by atoms with Gasteiger partial charge in [-0.25, -0.2) is 19.3 Å². The van der Waals surface area contributed by atoms with Crippen molar-refractivity contribution < 1.29 is 14.3 Å². The number of nitrogens with one attached hydrogen (secondary N) is 3. The molecule has 1 aliphatic heterocycles. The number of aromatic nitrogens is 5. The van der Waals surface area contributed by atoms with Crippen LogP contribution in [0.25, 0.3) is 10.8 Å². The molecule has 0 amide bonds. The Balaban J connectivity index is 1.64. The average Bonchev–Trinajstić information content (AvgIpc) is 3.21. The Bertz CT molecular complexity index is 1480. The highest BCUT2D eigenvalue weighted by Gasteiger charge is 2.38. The number of benzene rings is 2. The quantitative estimate of drug-likeness (QED) is 0.355. The molecule has 0 aliphatic carbocycles. The Labute approximate surface area is 192 Å². The zero-order valence-corrected chi connectivity index (χ0v) is 18.6. The van der Waals surface area contributed by atoms with E-state index in [1.54, 1.807) is 37.7 Å². The highest BCUT2D eigenvalue weighted by atomic mass is 19.1. The monoisotopic (exact) mass is 463 g/mol. The molecule has 10 nitrogen and oxygen atoms in total. The van der Waals surface area contributed by atoms with Crippen molar-refractivity contribution in [2.24, 2.45) is 7.05 Å². The summed E-state index contributed by atoms with van der Waals surface area (Å²) in [6.07, 6.45) is 1.44. The molecule has 0 fully saturated rings. The van der Waals surface area contributed by atoms with Gasteiger partial charge in [0.15, 0.2) is 0 Å². The van der Waals surface area contributed by atoms with Gasteiger partial charge in [0.25, 0.3) is 5.56 Å². The number of hydrogen-bond donors (Lipinski definition) is 4. The molecule has 0 saturated heterocycles. The van der Waals surface area contributed by atoms with Crippen LogP contribution in [0.3, 0.4) is 0 Å². The topological polar surface area (TPSA) is 138 Å². The van der Waals surface area contributed by atoms with E-state index in [9.17, 15) is 19.1 Å². The molecular formula is C23H22FN7O3. The van der Waals surface area contributed by atoms with Gasteiger partial charge in [-0.15, -0.1) is 0 Å². The van der Waals surface area contributed by atoms with E-state index in [4.69, 9.17) is 0 Å². The number of carbonyl (C=O) groups is 1. The smallest absolute Gasteiger partial charge is 0.328 e. The second-order valence-electron chi connectivity index (χ2n) is 8.83. The molecule has 34 heavy (non-hydrogen) atoms. The summed E-state index contributed by atoms with van der Waals surface area (Å²) in [5.74, 6) is -1.34. The lowest BCUT2D eigenvalue weighted by atomic mass is 9.83. The largest absolute Gasteiger partial charge is 0.480 e. The van der Waals surface area contributed by atoms with Crippen LogP contribution in [0.1, 0.15) is 42.9 Å². The van der Waals surface area contributed by atoms with E-state index in [0.29, 0.717) is 28.3 Å². The van der Waals surface area contributed by atoms with Crippen molar-refractivity contribution in [3.63, 3.8) is 0 Å². The molecule has 11 heteroatoms. The number of H-pyrrole nitrogens is 1. The molecule has 1 aliphatic rings. The summed E-state index contributed by atoms with van der Waals surface area (Å²) in [5, 5.41) is 27.5. The molecule has 4 aromatic rings. The van der Waals surface area contributed by atoms with Gasteiger partial charge in [-0.2, -0.15) is 10.2 Å². The minimum Gasteiger partial charge on any atom is -0.480 e. The standard InChI is InChI=1S/C23H22FN7O3/c1-23(2,22(33)34)28-13-6-4-11(5-7-13)18-17(20-25-10-26-31(20)3)19-16-14(21(32)30-29-19)8-12(24)9-15(16)27-18/h4-10,17-18,27-28H,1-3H3,(H,30,32)(H,33,34). The highest BCUT2D eigenvalue weighted by molar-refractivity contribution is 5.97. The highest BCUT2D eigenvalue weighted by Crippen LogP contribution is 2.46. The van der Waals surface area contributed by atoms with Crippen LogP contribution in [0.15, 0.2) is 47.5 Å². The molecular weight excluding hydrogens is 441 g/mol. The summed E-state index contributed by atoms with van der Waals surface area (Å²) in [6, 6.07) is 9.41. The minimum absolute atomic E-state index is 0.202. The van der Waals surface area contributed by atoms with E-state index in [1.807, 2.05) is 12.1 Å². The fraction of sp³-hybridized carbons (Fsp3) is 0.261. The predicted molar refractivity (Wildman–Crippen MR) is 123 cm³/mol. The number of nitrogens with zero attached hydrogens (tertiary/aromatic N) is 4. The lowest BCUT2D eigenvalue weighted by molar-refractivity contribution is -0.141. The lowest BCUT2D eigenvalue weighted by Gasteiger charge is -2.34. The fourth-order valence-electron chi connectivity index (χ4n) is 4.36.